The molecule has 5 heteroatoms. The minimum atomic E-state index is -0.503. The molecule has 0 heterocycles. The number of hydrogen-bond acceptors (Lipinski definition) is 3. The number of amides is 1. The zero-order valence-electron chi connectivity index (χ0n) is 11.3. The first-order chi connectivity index (χ1) is 8.84. The molecule has 0 spiro atoms. The third kappa shape index (κ3) is 5.42. The van der Waals surface area contributed by atoms with E-state index in [-0.39, 0.29) is 18.1 Å². The van der Waals surface area contributed by atoms with Gasteiger partial charge < -0.3 is 10.1 Å². The highest BCUT2D eigenvalue weighted by Gasteiger charge is 2.18. The van der Waals surface area contributed by atoms with Crippen molar-refractivity contribution in [1.29, 1.82) is 0 Å². The lowest BCUT2D eigenvalue weighted by Gasteiger charge is -2.24. The van der Waals surface area contributed by atoms with Gasteiger partial charge in [-0.2, -0.15) is 0 Å². The van der Waals surface area contributed by atoms with Crippen LogP contribution in [-0.2, 0) is 9.53 Å². The van der Waals surface area contributed by atoms with Crippen LogP contribution in [0.5, 0.6) is 0 Å². The highest BCUT2D eigenvalue weighted by Crippen LogP contribution is 2.11. The van der Waals surface area contributed by atoms with Crippen molar-refractivity contribution in [3.63, 3.8) is 0 Å². The normalized spacial score (nSPS) is 10.9. The number of nitrogens with one attached hydrogen (secondary N) is 1. The third-order valence-corrected chi connectivity index (χ3v) is 3.30. The summed E-state index contributed by atoms with van der Waals surface area (Å²) in [5.74, 6) is -0.797. The molecule has 1 N–H and O–H groups in total. The van der Waals surface area contributed by atoms with Crippen LogP contribution in [0.3, 0.4) is 0 Å². The monoisotopic (exact) mass is 327 g/mol. The Morgan fingerprint density at radius 2 is 1.84 bits per heavy atom. The maximum atomic E-state index is 11.7. The Kier molecular flexibility index (Phi) is 5.54. The molecule has 1 amide bonds. The Morgan fingerprint density at radius 1 is 1.26 bits per heavy atom. The highest BCUT2D eigenvalue weighted by molar-refractivity contribution is 9.10. The summed E-state index contributed by atoms with van der Waals surface area (Å²) < 4.78 is 5.83. The van der Waals surface area contributed by atoms with Gasteiger partial charge in [-0.05, 0) is 44.5 Å². The summed E-state index contributed by atoms with van der Waals surface area (Å²) in [6.45, 7) is 5.55. The van der Waals surface area contributed by atoms with Crippen molar-refractivity contribution in [2.24, 2.45) is 0 Å². The van der Waals surface area contributed by atoms with E-state index in [9.17, 15) is 9.59 Å². The maximum absolute atomic E-state index is 11.7. The van der Waals surface area contributed by atoms with Gasteiger partial charge >= 0.3 is 5.97 Å². The van der Waals surface area contributed by atoms with Crippen LogP contribution in [0.25, 0.3) is 0 Å². The number of carbonyl (C=O) groups is 2. The van der Waals surface area contributed by atoms with E-state index in [1.54, 1.807) is 24.3 Å². The summed E-state index contributed by atoms with van der Waals surface area (Å²) in [5, 5.41) is 2.80. The van der Waals surface area contributed by atoms with E-state index in [2.05, 4.69) is 21.2 Å². The van der Waals surface area contributed by atoms with Crippen molar-refractivity contribution in [1.82, 2.24) is 5.32 Å². The molecule has 1 rings (SSSR count). The minimum Gasteiger partial charge on any atom is -0.452 e. The molecule has 0 unspecified atom stereocenters. The minimum absolute atomic E-state index is 0.266. The van der Waals surface area contributed by atoms with E-state index in [0.29, 0.717) is 5.56 Å². The molecule has 1 aromatic rings. The maximum Gasteiger partial charge on any atom is 0.338 e. The Bertz CT molecular complexity index is 454. The van der Waals surface area contributed by atoms with Gasteiger partial charge in [-0.25, -0.2) is 4.79 Å². The van der Waals surface area contributed by atoms with Crippen molar-refractivity contribution < 1.29 is 14.3 Å². The predicted molar refractivity (Wildman–Crippen MR) is 76.9 cm³/mol. The van der Waals surface area contributed by atoms with Gasteiger partial charge in [0.2, 0.25) is 0 Å². The van der Waals surface area contributed by atoms with Crippen LogP contribution in [-0.4, -0.2) is 24.0 Å². The van der Waals surface area contributed by atoms with Crippen LogP contribution < -0.4 is 5.32 Å². The largest absolute Gasteiger partial charge is 0.452 e. The molecule has 0 radical (unpaired) electrons. The van der Waals surface area contributed by atoms with E-state index in [0.717, 1.165) is 10.9 Å². The van der Waals surface area contributed by atoms with Crippen LogP contribution >= 0.6 is 15.9 Å². The van der Waals surface area contributed by atoms with Crippen molar-refractivity contribution in [3.8, 4) is 0 Å². The van der Waals surface area contributed by atoms with Crippen LogP contribution in [0.1, 0.15) is 37.6 Å². The Morgan fingerprint density at radius 3 is 2.37 bits per heavy atom. The molecular formula is C14H18BrNO3. The molecule has 104 valence electrons. The standard InChI is InChI=1S/C14H18BrNO3/c1-4-14(2,3)16-12(17)9-19-13(18)10-5-7-11(15)8-6-10/h5-8H,4,9H2,1-3H3,(H,16,17). The number of rotatable bonds is 5. The molecule has 19 heavy (non-hydrogen) atoms. The van der Waals surface area contributed by atoms with E-state index in [1.165, 1.54) is 0 Å². The molecule has 0 aliphatic heterocycles. The Hall–Kier alpha value is -1.36. The van der Waals surface area contributed by atoms with Crippen LogP contribution in [0.4, 0.5) is 0 Å². The molecule has 4 nitrogen and oxygen atoms in total. The number of hydrogen-bond donors (Lipinski definition) is 1. The first-order valence-corrected chi connectivity index (χ1v) is 6.87. The molecule has 1 aromatic carbocycles. The Balaban J connectivity index is 2.46. The number of carbonyl (C=O) groups excluding carboxylic acids is 2. The number of benzene rings is 1. The molecule has 0 aromatic heterocycles. The zero-order chi connectivity index (χ0) is 14.5. The fourth-order valence-electron chi connectivity index (χ4n) is 1.30. The topological polar surface area (TPSA) is 55.4 Å². The molecule has 0 saturated heterocycles. The van der Waals surface area contributed by atoms with Crippen molar-refractivity contribution in [3.05, 3.63) is 34.3 Å². The van der Waals surface area contributed by atoms with E-state index in [1.807, 2.05) is 20.8 Å². The van der Waals surface area contributed by atoms with Gasteiger partial charge in [0, 0.05) is 10.0 Å². The summed E-state index contributed by atoms with van der Waals surface area (Å²) >= 11 is 3.28. The van der Waals surface area contributed by atoms with Gasteiger partial charge in [-0.3, -0.25) is 4.79 Å². The van der Waals surface area contributed by atoms with Gasteiger partial charge in [0.05, 0.1) is 5.56 Å². The van der Waals surface area contributed by atoms with Crippen LogP contribution in [0.2, 0.25) is 0 Å². The van der Waals surface area contributed by atoms with E-state index >= 15 is 0 Å². The molecular weight excluding hydrogens is 310 g/mol. The molecule has 0 aliphatic carbocycles. The van der Waals surface area contributed by atoms with E-state index < -0.39 is 5.97 Å². The summed E-state index contributed by atoms with van der Waals surface area (Å²) in [7, 11) is 0. The van der Waals surface area contributed by atoms with E-state index in [4.69, 9.17) is 4.74 Å². The summed E-state index contributed by atoms with van der Waals surface area (Å²) in [6.07, 6.45) is 0.805. The third-order valence-electron chi connectivity index (χ3n) is 2.78. The van der Waals surface area contributed by atoms with Crippen LogP contribution in [0, 0.1) is 0 Å². The highest BCUT2D eigenvalue weighted by atomic mass is 79.9. The van der Waals surface area contributed by atoms with Crippen LogP contribution in [0.15, 0.2) is 28.7 Å². The first kappa shape index (κ1) is 15.7. The predicted octanol–water partition coefficient (Wildman–Crippen LogP) is 2.91. The number of ether oxygens (including phenoxy) is 1. The fraction of sp³-hybridized carbons (Fsp3) is 0.429. The number of esters is 1. The molecule has 0 bridgehead atoms. The second-order valence-corrected chi connectivity index (χ2v) is 5.78. The summed E-state index contributed by atoms with van der Waals surface area (Å²) in [6, 6.07) is 6.77. The van der Waals surface area contributed by atoms with Crippen molar-refractivity contribution in [2.45, 2.75) is 32.7 Å². The molecule has 0 fully saturated rings. The quantitative estimate of drug-likeness (QED) is 0.846. The second-order valence-electron chi connectivity index (χ2n) is 4.87. The SMILES string of the molecule is CCC(C)(C)NC(=O)COC(=O)c1ccc(Br)cc1. The summed E-state index contributed by atoms with van der Waals surface area (Å²) in [5.41, 5.74) is 0.131. The lowest BCUT2D eigenvalue weighted by molar-refractivity contribution is -0.125. The average Bonchev–Trinajstić information content (AvgIpc) is 2.36. The smallest absolute Gasteiger partial charge is 0.338 e. The zero-order valence-corrected chi connectivity index (χ0v) is 12.9. The molecule has 0 saturated carbocycles. The molecule has 0 aliphatic rings. The summed E-state index contributed by atoms with van der Waals surface area (Å²) in [4.78, 5) is 23.3. The van der Waals surface area contributed by atoms with Gasteiger partial charge in [-0.15, -0.1) is 0 Å². The molecule has 0 atom stereocenters. The van der Waals surface area contributed by atoms with Gasteiger partial charge in [0.1, 0.15) is 0 Å². The first-order valence-electron chi connectivity index (χ1n) is 6.08. The lowest BCUT2D eigenvalue weighted by Crippen LogP contribution is -2.44. The average molecular weight is 328 g/mol. The fourth-order valence-corrected chi connectivity index (χ4v) is 1.57. The van der Waals surface area contributed by atoms with Gasteiger partial charge in [-0.1, -0.05) is 22.9 Å². The Labute approximate surface area is 121 Å². The number of halogens is 1. The van der Waals surface area contributed by atoms with Gasteiger partial charge in [0.25, 0.3) is 5.91 Å². The van der Waals surface area contributed by atoms with Gasteiger partial charge in [0.15, 0.2) is 6.61 Å². The van der Waals surface area contributed by atoms with Crippen molar-refractivity contribution >= 4 is 27.8 Å². The lowest BCUT2D eigenvalue weighted by atomic mass is 10.0. The van der Waals surface area contributed by atoms with Crippen molar-refractivity contribution in [2.75, 3.05) is 6.61 Å². The second kappa shape index (κ2) is 6.70.